The van der Waals surface area contributed by atoms with Gasteiger partial charge in [-0.2, -0.15) is 0 Å². The Labute approximate surface area is 117 Å². The first kappa shape index (κ1) is 20.0. The molecule has 0 aromatic rings. The first-order valence-electron chi connectivity index (χ1n) is 7.11. The Balaban J connectivity index is 0. The number of aliphatic hydroxyl groups excluding tert-OH is 1. The summed E-state index contributed by atoms with van der Waals surface area (Å²) < 4.78 is 0. The predicted molar refractivity (Wildman–Crippen MR) is 80.0 cm³/mol. The van der Waals surface area contributed by atoms with Gasteiger partial charge in [0.2, 0.25) is 5.24 Å². The van der Waals surface area contributed by atoms with Crippen LogP contribution < -0.4 is 0 Å². The summed E-state index contributed by atoms with van der Waals surface area (Å²) in [7, 11) is 0. The molecular weight excluding hydrogens is 248 g/mol. The van der Waals surface area contributed by atoms with E-state index in [9.17, 15) is 4.79 Å². The van der Waals surface area contributed by atoms with E-state index in [4.69, 9.17) is 16.7 Å². The summed E-state index contributed by atoms with van der Waals surface area (Å²) in [6.45, 7) is 5.71. The molecule has 0 aliphatic carbocycles. The molecule has 3 heteroatoms. The highest BCUT2D eigenvalue weighted by atomic mass is 35.5. The Morgan fingerprint density at radius 2 is 1.33 bits per heavy atom. The highest BCUT2D eigenvalue weighted by Crippen LogP contribution is 2.09. The van der Waals surface area contributed by atoms with Crippen LogP contribution in [-0.2, 0) is 4.79 Å². The monoisotopic (exact) mass is 276 g/mol. The lowest BCUT2D eigenvalue weighted by atomic mass is 10.1. The lowest BCUT2D eigenvalue weighted by Crippen LogP contribution is -1.84. The van der Waals surface area contributed by atoms with Gasteiger partial charge in [-0.25, -0.2) is 0 Å². The smallest absolute Gasteiger partial charge is 0.244 e. The largest absolute Gasteiger partial charge is 0.396 e. The van der Waals surface area contributed by atoms with Crippen molar-refractivity contribution >= 4 is 16.8 Å². The number of halogens is 1. The zero-order valence-electron chi connectivity index (χ0n) is 11.8. The van der Waals surface area contributed by atoms with Crippen molar-refractivity contribution in [2.45, 2.75) is 71.1 Å². The molecule has 2 nitrogen and oxygen atoms in total. The minimum Gasteiger partial charge on any atom is -0.396 e. The van der Waals surface area contributed by atoms with Gasteiger partial charge < -0.3 is 5.11 Å². The molecule has 0 aromatic carbocycles. The van der Waals surface area contributed by atoms with E-state index in [0.717, 1.165) is 12.5 Å². The van der Waals surface area contributed by atoms with E-state index in [1.807, 2.05) is 0 Å². The summed E-state index contributed by atoms with van der Waals surface area (Å²) in [5.41, 5.74) is 0. The van der Waals surface area contributed by atoms with Crippen LogP contribution in [0.15, 0.2) is 12.7 Å². The zero-order chi connectivity index (χ0) is 14.1. The number of rotatable bonds is 11. The second kappa shape index (κ2) is 19.0. The van der Waals surface area contributed by atoms with Crippen LogP contribution in [-0.4, -0.2) is 17.0 Å². The number of aliphatic hydroxyl groups is 1. The number of unbranched alkanes of at least 4 members (excludes halogenated alkanes) is 9. The SMILES string of the molecule is C=CC(=O)Cl.CCCCCCCCCCCCO. The molecule has 0 amide bonds. The van der Waals surface area contributed by atoms with E-state index in [2.05, 4.69) is 13.5 Å². The van der Waals surface area contributed by atoms with E-state index in [0.29, 0.717) is 6.61 Å². The van der Waals surface area contributed by atoms with Crippen LogP contribution in [0, 0.1) is 0 Å². The van der Waals surface area contributed by atoms with Crippen LogP contribution in [0.5, 0.6) is 0 Å². The Morgan fingerprint density at radius 1 is 1.00 bits per heavy atom. The van der Waals surface area contributed by atoms with Gasteiger partial charge in [0.25, 0.3) is 0 Å². The fourth-order valence-electron chi connectivity index (χ4n) is 1.60. The van der Waals surface area contributed by atoms with Crippen molar-refractivity contribution in [2.75, 3.05) is 6.61 Å². The molecule has 0 aromatic heterocycles. The number of carbonyl (C=O) groups is 1. The maximum atomic E-state index is 9.46. The van der Waals surface area contributed by atoms with Crippen molar-refractivity contribution < 1.29 is 9.90 Å². The second-order valence-corrected chi connectivity index (χ2v) is 4.79. The molecule has 0 bridgehead atoms. The Hall–Kier alpha value is -0.340. The molecule has 0 radical (unpaired) electrons. The minimum absolute atomic E-state index is 0.372. The van der Waals surface area contributed by atoms with E-state index in [1.165, 1.54) is 57.8 Å². The molecule has 0 atom stereocenters. The fourth-order valence-corrected chi connectivity index (χ4v) is 1.60. The summed E-state index contributed by atoms with van der Waals surface area (Å²) in [5.74, 6) is 0. The average molecular weight is 277 g/mol. The Bertz CT molecular complexity index is 171. The molecule has 0 rings (SSSR count). The highest BCUT2D eigenvalue weighted by molar-refractivity contribution is 6.66. The van der Waals surface area contributed by atoms with Crippen LogP contribution in [0.2, 0.25) is 0 Å². The molecule has 0 saturated carbocycles. The van der Waals surface area contributed by atoms with Gasteiger partial charge in [-0.3, -0.25) is 4.79 Å². The van der Waals surface area contributed by atoms with Crippen LogP contribution >= 0.6 is 11.6 Å². The zero-order valence-corrected chi connectivity index (χ0v) is 12.6. The number of hydrogen-bond donors (Lipinski definition) is 1. The molecule has 0 aliphatic rings. The van der Waals surface area contributed by atoms with Gasteiger partial charge in [0.15, 0.2) is 0 Å². The van der Waals surface area contributed by atoms with Crippen molar-refractivity contribution in [3.05, 3.63) is 12.7 Å². The second-order valence-electron chi connectivity index (χ2n) is 4.41. The average Bonchev–Trinajstić information content (AvgIpc) is 2.37. The normalized spacial score (nSPS) is 9.50. The van der Waals surface area contributed by atoms with Gasteiger partial charge in [-0.1, -0.05) is 71.3 Å². The maximum Gasteiger partial charge on any atom is 0.244 e. The van der Waals surface area contributed by atoms with Gasteiger partial charge in [0.1, 0.15) is 0 Å². The van der Waals surface area contributed by atoms with Crippen molar-refractivity contribution in [1.82, 2.24) is 0 Å². The molecule has 0 fully saturated rings. The molecule has 0 aliphatic heterocycles. The third-order valence-electron chi connectivity index (χ3n) is 2.67. The maximum absolute atomic E-state index is 9.46. The van der Waals surface area contributed by atoms with E-state index >= 15 is 0 Å². The van der Waals surface area contributed by atoms with Gasteiger partial charge in [-0.15, -0.1) is 0 Å². The molecular formula is C15H29ClO2. The first-order chi connectivity index (χ1) is 8.68. The molecule has 1 N–H and O–H groups in total. The number of hydrogen-bond acceptors (Lipinski definition) is 2. The van der Waals surface area contributed by atoms with Crippen LogP contribution in [0.25, 0.3) is 0 Å². The van der Waals surface area contributed by atoms with Crippen molar-refractivity contribution in [1.29, 1.82) is 0 Å². The van der Waals surface area contributed by atoms with E-state index in [-0.39, 0.29) is 0 Å². The quantitative estimate of drug-likeness (QED) is 0.333. The van der Waals surface area contributed by atoms with Gasteiger partial charge in [-0.05, 0) is 24.1 Å². The summed E-state index contributed by atoms with van der Waals surface area (Å²) in [4.78, 5) is 9.46. The van der Waals surface area contributed by atoms with Crippen LogP contribution in [0.1, 0.15) is 71.1 Å². The van der Waals surface area contributed by atoms with Gasteiger partial charge in [0, 0.05) is 6.61 Å². The standard InChI is InChI=1S/C12H26O.C3H3ClO/c1-2-3-4-5-6-7-8-9-10-11-12-13;1-2-3(4)5/h13H,2-12H2,1H3;2H,1H2. The molecule has 18 heavy (non-hydrogen) atoms. The lowest BCUT2D eigenvalue weighted by molar-refractivity contribution is -0.107. The minimum atomic E-state index is -0.509. The molecule has 0 unspecified atom stereocenters. The van der Waals surface area contributed by atoms with Crippen LogP contribution in [0.4, 0.5) is 0 Å². The van der Waals surface area contributed by atoms with Gasteiger partial charge in [0.05, 0.1) is 0 Å². The first-order valence-corrected chi connectivity index (χ1v) is 7.49. The molecule has 0 spiro atoms. The predicted octanol–water partition coefficient (Wildman–Crippen LogP) is 4.84. The third-order valence-corrected chi connectivity index (χ3v) is 2.83. The van der Waals surface area contributed by atoms with E-state index < -0.39 is 5.24 Å². The summed E-state index contributed by atoms with van der Waals surface area (Å²) >= 11 is 4.71. The van der Waals surface area contributed by atoms with Crippen LogP contribution in [0.3, 0.4) is 0 Å². The number of carbonyl (C=O) groups excluding carboxylic acids is 1. The molecule has 108 valence electrons. The van der Waals surface area contributed by atoms with E-state index in [1.54, 1.807) is 0 Å². The van der Waals surface area contributed by atoms with Gasteiger partial charge >= 0.3 is 0 Å². The lowest BCUT2D eigenvalue weighted by Gasteiger charge is -2.00. The Kier molecular flexibility index (Phi) is 21.1. The molecule has 0 heterocycles. The summed E-state index contributed by atoms with van der Waals surface area (Å²) in [6, 6.07) is 0. The third kappa shape index (κ3) is 24.8. The topological polar surface area (TPSA) is 37.3 Å². The fraction of sp³-hybridized carbons (Fsp3) is 0.800. The van der Waals surface area contributed by atoms with Crippen molar-refractivity contribution in [3.63, 3.8) is 0 Å². The number of allylic oxidation sites excluding steroid dienone is 1. The van der Waals surface area contributed by atoms with Crippen molar-refractivity contribution in [3.8, 4) is 0 Å². The highest BCUT2D eigenvalue weighted by Gasteiger charge is 1.91. The molecule has 0 saturated heterocycles. The summed E-state index contributed by atoms with van der Waals surface area (Å²) in [5, 5.41) is 8.06. The Morgan fingerprint density at radius 3 is 1.61 bits per heavy atom. The summed E-state index contributed by atoms with van der Waals surface area (Å²) in [6.07, 6.45) is 14.3. The van der Waals surface area contributed by atoms with Crippen molar-refractivity contribution in [2.24, 2.45) is 0 Å².